The number of nitrogens with zero attached hydrogens (tertiary/aromatic N) is 2. The van der Waals surface area contributed by atoms with E-state index in [0.29, 0.717) is 32.5 Å². The number of thiazole rings is 1. The van der Waals surface area contributed by atoms with Crippen LogP contribution in [-0.2, 0) is 13.0 Å². The number of benzene rings is 4. The van der Waals surface area contributed by atoms with Crippen molar-refractivity contribution in [3.8, 4) is 11.5 Å². The smallest absolute Gasteiger partial charge is 0.271 e. The quantitative estimate of drug-likeness (QED) is 0.175. The number of methoxy groups -OCH3 is 1. The molecular formula is C35H26ClIN2O3S. The highest BCUT2D eigenvalue weighted by Gasteiger charge is 2.32. The van der Waals surface area contributed by atoms with E-state index >= 15 is 0 Å². The average molecular weight is 717 g/mol. The molecule has 214 valence electrons. The van der Waals surface area contributed by atoms with Crippen LogP contribution in [0.4, 0.5) is 0 Å². The summed E-state index contributed by atoms with van der Waals surface area (Å²) in [5, 5.41) is 0.666. The summed E-state index contributed by atoms with van der Waals surface area (Å²) in [6.07, 6.45) is 3.67. The Balaban J connectivity index is 1.34. The van der Waals surface area contributed by atoms with Crippen molar-refractivity contribution < 1.29 is 9.47 Å². The van der Waals surface area contributed by atoms with E-state index in [4.69, 9.17) is 26.1 Å². The summed E-state index contributed by atoms with van der Waals surface area (Å²) in [4.78, 5) is 19.9. The van der Waals surface area contributed by atoms with Crippen LogP contribution in [0.3, 0.4) is 0 Å². The van der Waals surface area contributed by atoms with E-state index in [9.17, 15) is 4.79 Å². The molecule has 1 aromatic heterocycles. The predicted octanol–water partition coefficient (Wildman–Crippen LogP) is 7.16. The number of aromatic nitrogens is 1. The Bertz CT molecular complexity index is 2070. The van der Waals surface area contributed by atoms with E-state index in [2.05, 4.69) is 46.9 Å². The van der Waals surface area contributed by atoms with Crippen molar-refractivity contribution in [3.05, 3.63) is 153 Å². The fraction of sp³-hybridized carbons (Fsp3) is 0.143. The molecule has 5 aromatic rings. The Kier molecular flexibility index (Phi) is 7.71. The van der Waals surface area contributed by atoms with Gasteiger partial charge in [-0.05, 0) is 93.6 Å². The highest BCUT2D eigenvalue weighted by molar-refractivity contribution is 14.1. The first-order chi connectivity index (χ1) is 21.0. The molecule has 0 saturated heterocycles. The first-order valence-electron chi connectivity index (χ1n) is 13.9. The lowest BCUT2D eigenvalue weighted by molar-refractivity contribution is 0.282. The van der Waals surface area contributed by atoms with E-state index < -0.39 is 0 Å². The Morgan fingerprint density at radius 1 is 1.02 bits per heavy atom. The molecule has 2 heterocycles. The van der Waals surface area contributed by atoms with Gasteiger partial charge in [-0.1, -0.05) is 89.7 Å². The number of fused-ring (bicyclic) bond motifs is 3. The van der Waals surface area contributed by atoms with Gasteiger partial charge in [0.05, 0.1) is 27.0 Å². The van der Waals surface area contributed by atoms with Crippen LogP contribution >= 0.6 is 45.5 Å². The number of allylic oxidation sites excluding steroid dienone is 1. The van der Waals surface area contributed by atoms with E-state index in [1.54, 1.807) is 7.11 Å². The molecule has 1 atom stereocenters. The maximum absolute atomic E-state index is 14.1. The van der Waals surface area contributed by atoms with Gasteiger partial charge in [0, 0.05) is 10.6 Å². The molecule has 0 N–H and O–H groups in total. The standard InChI is InChI=1S/C35H26ClIN2O3S/c1-41-29-18-22(17-28(37)33(29)42-20-21-7-3-2-4-8-21)19-30-34(40)39-32(24-11-14-25(36)15-12-24)27-16-13-23-9-5-6-10-26(23)31(27)38-35(39)43-30/h2-12,14-15,17-19,32H,13,16,20H2,1H3/b30-19+/t32-/m1/s1. The molecule has 43 heavy (non-hydrogen) atoms. The van der Waals surface area contributed by atoms with Crippen LogP contribution in [0.1, 0.15) is 40.3 Å². The Morgan fingerprint density at radius 2 is 1.79 bits per heavy atom. The maximum atomic E-state index is 14.1. The second-order valence-corrected chi connectivity index (χ2v) is 13.1. The highest BCUT2D eigenvalue weighted by Crippen LogP contribution is 2.41. The molecular weight excluding hydrogens is 691 g/mol. The zero-order chi connectivity index (χ0) is 29.5. The van der Waals surface area contributed by atoms with Crippen LogP contribution in [0.5, 0.6) is 11.5 Å². The molecule has 5 nitrogen and oxygen atoms in total. The lowest BCUT2D eigenvalue weighted by atomic mass is 9.83. The number of rotatable bonds is 6. The molecule has 0 amide bonds. The summed E-state index contributed by atoms with van der Waals surface area (Å²) in [7, 11) is 1.63. The van der Waals surface area contributed by atoms with Gasteiger partial charge in [-0.15, -0.1) is 0 Å². The van der Waals surface area contributed by atoms with Gasteiger partial charge in [0.2, 0.25) is 0 Å². The van der Waals surface area contributed by atoms with Crippen molar-refractivity contribution in [3.63, 3.8) is 0 Å². The average Bonchev–Trinajstić information content (AvgIpc) is 3.34. The number of hydrogen-bond acceptors (Lipinski definition) is 5. The van der Waals surface area contributed by atoms with Crippen LogP contribution < -0.4 is 24.4 Å². The van der Waals surface area contributed by atoms with Crippen LogP contribution in [0.2, 0.25) is 5.02 Å². The Hall–Kier alpha value is -3.66. The fourth-order valence-electron chi connectivity index (χ4n) is 5.81. The monoisotopic (exact) mass is 716 g/mol. The predicted molar refractivity (Wildman–Crippen MR) is 181 cm³/mol. The first kappa shape index (κ1) is 28.1. The second-order valence-electron chi connectivity index (χ2n) is 10.5. The Labute approximate surface area is 271 Å². The summed E-state index contributed by atoms with van der Waals surface area (Å²) < 4.78 is 15.2. The van der Waals surface area contributed by atoms with Crippen LogP contribution in [0, 0.1) is 3.57 Å². The van der Waals surface area contributed by atoms with E-state index in [1.165, 1.54) is 16.9 Å². The first-order valence-corrected chi connectivity index (χ1v) is 16.2. The van der Waals surface area contributed by atoms with E-state index in [0.717, 1.165) is 49.9 Å². The zero-order valence-corrected chi connectivity index (χ0v) is 26.9. The summed E-state index contributed by atoms with van der Waals surface area (Å²) in [5.41, 5.74) is 7.46. The molecule has 0 saturated carbocycles. The highest BCUT2D eigenvalue weighted by atomic mass is 127. The van der Waals surface area contributed by atoms with Crippen molar-refractivity contribution >= 4 is 57.3 Å². The van der Waals surface area contributed by atoms with E-state index in [-0.39, 0.29) is 11.6 Å². The molecule has 1 aliphatic carbocycles. The van der Waals surface area contributed by atoms with Gasteiger partial charge in [0.25, 0.3) is 5.56 Å². The van der Waals surface area contributed by atoms with Crippen molar-refractivity contribution in [2.75, 3.05) is 7.11 Å². The van der Waals surface area contributed by atoms with Gasteiger partial charge < -0.3 is 9.47 Å². The van der Waals surface area contributed by atoms with Gasteiger partial charge >= 0.3 is 0 Å². The lowest BCUT2D eigenvalue weighted by Crippen LogP contribution is -2.38. The van der Waals surface area contributed by atoms with Crippen molar-refractivity contribution in [1.82, 2.24) is 4.57 Å². The summed E-state index contributed by atoms with van der Waals surface area (Å²) in [6, 6.07) is 30.0. The molecule has 4 aromatic carbocycles. The molecule has 0 bridgehead atoms. The molecule has 7 rings (SSSR count). The number of ether oxygens (including phenoxy) is 2. The van der Waals surface area contributed by atoms with Gasteiger partial charge in [0.1, 0.15) is 6.61 Å². The molecule has 2 aliphatic rings. The molecule has 1 aliphatic heterocycles. The lowest BCUT2D eigenvalue weighted by Gasteiger charge is -2.30. The third-order valence-electron chi connectivity index (χ3n) is 7.83. The topological polar surface area (TPSA) is 52.8 Å². The minimum atomic E-state index is -0.248. The summed E-state index contributed by atoms with van der Waals surface area (Å²) in [6.45, 7) is 0.434. The maximum Gasteiger partial charge on any atom is 0.271 e. The Morgan fingerprint density at radius 3 is 2.58 bits per heavy atom. The minimum Gasteiger partial charge on any atom is -0.493 e. The van der Waals surface area contributed by atoms with Crippen LogP contribution in [0.15, 0.2) is 106 Å². The van der Waals surface area contributed by atoms with Gasteiger partial charge in [-0.25, -0.2) is 4.99 Å². The number of halogens is 2. The largest absolute Gasteiger partial charge is 0.493 e. The second kappa shape index (κ2) is 11.8. The van der Waals surface area contributed by atoms with Crippen molar-refractivity contribution in [2.24, 2.45) is 4.99 Å². The molecule has 0 radical (unpaired) electrons. The van der Waals surface area contributed by atoms with Crippen molar-refractivity contribution in [2.45, 2.75) is 25.5 Å². The fourth-order valence-corrected chi connectivity index (χ4v) is 7.72. The summed E-state index contributed by atoms with van der Waals surface area (Å²) >= 11 is 9.93. The minimum absolute atomic E-state index is 0.0625. The molecule has 0 fully saturated rings. The molecule has 0 unspecified atom stereocenters. The van der Waals surface area contributed by atoms with Crippen LogP contribution in [0.25, 0.3) is 11.8 Å². The third-order valence-corrected chi connectivity index (χ3v) is 9.87. The van der Waals surface area contributed by atoms with Gasteiger partial charge in [0.15, 0.2) is 16.3 Å². The number of aryl methyl sites for hydroxylation is 1. The van der Waals surface area contributed by atoms with Crippen molar-refractivity contribution in [1.29, 1.82) is 0 Å². The SMILES string of the molecule is COc1cc(/C=c2/sc3n(c2=O)[C@H](c2ccc(Cl)cc2)C2=C(N=3)c3ccccc3CC2)cc(I)c1OCc1ccccc1. The van der Waals surface area contributed by atoms with Gasteiger partial charge in [-0.3, -0.25) is 9.36 Å². The van der Waals surface area contributed by atoms with Gasteiger partial charge in [-0.2, -0.15) is 0 Å². The molecule has 8 heteroatoms. The third kappa shape index (κ3) is 5.34. The molecule has 0 spiro atoms. The van der Waals surface area contributed by atoms with E-state index in [1.807, 2.05) is 77.4 Å². The number of hydrogen-bond donors (Lipinski definition) is 0. The summed E-state index contributed by atoms with van der Waals surface area (Å²) in [5.74, 6) is 1.30. The zero-order valence-electron chi connectivity index (χ0n) is 23.2. The van der Waals surface area contributed by atoms with Crippen LogP contribution in [-0.4, -0.2) is 11.7 Å². The normalized spacial score (nSPS) is 15.8.